The first kappa shape index (κ1) is 16.0. The minimum Gasteiger partial charge on any atom is -0.386 e. The molecule has 2 atom stereocenters. The molecule has 0 fully saturated rings. The summed E-state index contributed by atoms with van der Waals surface area (Å²) in [5.41, 5.74) is 1.71. The zero-order valence-electron chi connectivity index (χ0n) is 11.1. The molecule has 0 radical (unpaired) electrons. The molecule has 0 spiro atoms. The van der Waals surface area contributed by atoms with Gasteiger partial charge in [-0.25, -0.2) is 0 Å². The van der Waals surface area contributed by atoms with Crippen LogP contribution in [0.15, 0.2) is 24.3 Å². The van der Waals surface area contributed by atoms with Crippen molar-refractivity contribution in [2.24, 2.45) is 0 Å². The van der Waals surface area contributed by atoms with Crippen molar-refractivity contribution in [1.82, 2.24) is 0 Å². The van der Waals surface area contributed by atoms with E-state index in [9.17, 15) is 18.3 Å². The maximum absolute atomic E-state index is 12.2. The molecule has 0 bridgehead atoms. The fourth-order valence-electron chi connectivity index (χ4n) is 1.62. The van der Waals surface area contributed by atoms with Gasteiger partial charge in [0.1, 0.15) is 6.10 Å². The van der Waals surface area contributed by atoms with Crippen molar-refractivity contribution in [3.63, 3.8) is 0 Å². The highest BCUT2D eigenvalue weighted by Gasteiger charge is 2.37. The smallest absolute Gasteiger partial charge is 0.386 e. The predicted molar refractivity (Wildman–Crippen MR) is 66.9 cm³/mol. The summed E-state index contributed by atoms with van der Waals surface area (Å²) in [6.45, 7) is 2.62. The van der Waals surface area contributed by atoms with Crippen LogP contribution in [0, 0.1) is 0 Å². The van der Waals surface area contributed by atoms with Gasteiger partial charge in [0.15, 0.2) is 6.10 Å². The number of aliphatic hydroxyl groups excluding tert-OH is 1. The summed E-state index contributed by atoms with van der Waals surface area (Å²) in [4.78, 5) is 0. The van der Waals surface area contributed by atoms with Crippen LogP contribution in [0.4, 0.5) is 13.2 Å². The normalized spacial score (nSPS) is 15.3. The van der Waals surface area contributed by atoms with Crippen LogP contribution < -0.4 is 0 Å². The van der Waals surface area contributed by atoms with Crippen LogP contribution in [0.25, 0.3) is 0 Å². The van der Waals surface area contributed by atoms with E-state index < -0.39 is 18.4 Å². The lowest BCUT2D eigenvalue weighted by atomic mass is 10.0. The Bertz CT molecular complexity index is 373. The first-order valence-corrected chi connectivity index (χ1v) is 6.29. The number of rotatable bonds is 6. The van der Waals surface area contributed by atoms with Crippen molar-refractivity contribution >= 4 is 0 Å². The van der Waals surface area contributed by atoms with Gasteiger partial charge in [0.05, 0.1) is 6.61 Å². The molecule has 0 amide bonds. The molecule has 1 rings (SSSR count). The Balaban J connectivity index is 2.51. The van der Waals surface area contributed by atoms with Crippen LogP contribution in [-0.4, -0.2) is 24.0 Å². The molecule has 0 saturated carbocycles. The van der Waals surface area contributed by atoms with Crippen LogP contribution in [-0.2, 0) is 11.2 Å². The maximum atomic E-state index is 12.2. The van der Waals surface area contributed by atoms with Gasteiger partial charge in [0.25, 0.3) is 0 Å². The van der Waals surface area contributed by atoms with Crippen LogP contribution in [0.2, 0.25) is 0 Å². The van der Waals surface area contributed by atoms with Gasteiger partial charge in [-0.15, -0.1) is 0 Å². The third-order valence-electron chi connectivity index (χ3n) is 2.87. The predicted octanol–water partition coefficient (Wildman–Crippen LogP) is 3.64. The lowest BCUT2D eigenvalue weighted by Gasteiger charge is -2.19. The van der Waals surface area contributed by atoms with E-state index in [2.05, 4.69) is 11.7 Å². The molecular formula is C14H19F3O2. The van der Waals surface area contributed by atoms with Crippen LogP contribution in [0.5, 0.6) is 0 Å². The fraction of sp³-hybridized carbons (Fsp3) is 0.571. The highest BCUT2D eigenvalue weighted by atomic mass is 19.4. The summed E-state index contributed by atoms with van der Waals surface area (Å²) in [6, 6.07) is 7.18. The summed E-state index contributed by atoms with van der Waals surface area (Å²) >= 11 is 0. The van der Waals surface area contributed by atoms with Crippen molar-refractivity contribution in [2.45, 2.75) is 45.1 Å². The van der Waals surface area contributed by atoms with Gasteiger partial charge >= 0.3 is 6.18 Å². The van der Waals surface area contributed by atoms with Crippen molar-refractivity contribution in [3.05, 3.63) is 35.4 Å². The third kappa shape index (κ3) is 5.20. The Morgan fingerprint density at radius 1 is 1.21 bits per heavy atom. The Kier molecular flexibility index (Phi) is 5.82. The van der Waals surface area contributed by atoms with Gasteiger partial charge in [-0.05, 0) is 24.5 Å². The Morgan fingerprint density at radius 3 is 2.26 bits per heavy atom. The highest BCUT2D eigenvalue weighted by molar-refractivity contribution is 5.24. The largest absolute Gasteiger partial charge is 0.414 e. The van der Waals surface area contributed by atoms with Gasteiger partial charge in [0.2, 0.25) is 0 Å². The summed E-state index contributed by atoms with van der Waals surface area (Å²) in [7, 11) is 0. The molecule has 0 aromatic heterocycles. The fourth-order valence-corrected chi connectivity index (χ4v) is 1.62. The summed E-state index contributed by atoms with van der Waals surface area (Å²) in [5.74, 6) is 0. The van der Waals surface area contributed by atoms with Gasteiger partial charge < -0.3 is 9.84 Å². The average molecular weight is 276 g/mol. The van der Waals surface area contributed by atoms with Crippen LogP contribution in [0.3, 0.4) is 0 Å². The standard InChI is InChI=1S/C14H19F3O2/c1-3-4-11-5-7-12(8-6-11)13(18)9-19-10(2)14(15,16)17/h5-8,10,13,18H,3-4,9H2,1-2H3. The molecule has 0 aliphatic heterocycles. The number of hydrogen-bond acceptors (Lipinski definition) is 2. The molecule has 0 heterocycles. The maximum Gasteiger partial charge on any atom is 0.414 e. The van der Waals surface area contributed by atoms with Crippen LogP contribution in [0.1, 0.15) is 37.5 Å². The van der Waals surface area contributed by atoms with Gasteiger partial charge in [0, 0.05) is 0 Å². The number of aryl methyl sites for hydroxylation is 1. The quantitative estimate of drug-likeness (QED) is 0.859. The van der Waals surface area contributed by atoms with Crippen molar-refractivity contribution in [2.75, 3.05) is 6.61 Å². The Morgan fingerprint density at radius 2 is 1.79 bits per heavy atom. The third-order valence-corrected chi connectivity index (χ3v) is 2.87. The zero-order valence-corrected chi connectivity index (χ0v) is 11.1. The number of aliphatic hydroxyl groups is 1. The van der Waals surface area contributed by atoms with E-state index in [0.29, 0.717) is 5.56 Å². The van der Waals surface area contributed by atoms with E-state index in [1.54, 1.807) is 12.1 Å². The minimum absolute atomic E-state index is 0.367. The molecule has 19 heavy (non-hydrogen) atoms. The van der Waals surface area contributed by atoms with E-state index in [0.717, 1.165) is 25.3 Å². The second-order valence-corrected chi connectivity index (χ2v) is 4.52. The molecule has 0 aliphatic carbocycles. The van der Waals surface area contributed by atoms with Gasteiger partial charge in [-0.1, -0.05) is 37.6 Å². The number of benzene rings is 1. The molecule has 0 aliphatic rings. The summed E-state index contributed by atoms with van der Waals surface area (Å²) in [6.07, 6.45) is -5.35. The number of alkyl halides is 3. The highest BCUT2D eigenvalue weighted by Crippen LogP contribution is 2.24. The zero-order chi connectivity index (χ0) is 14.5. The van der Waals surface area contributed by atoms with E-state index >= 15 is 0 Å². The van der Waals surface area contributed by atoms with Crippen molar-refractivity contribution in [1.29, 1.82) is 0 Å². The molecule has 5 heteroatoms. The topological polar surface area (TPSA) is 29.5 Å². The Labute approximate surface area is 111 Å². The van der Waals surface area contributed by atoms with Crippen LogP contribution >= 0.6 is 0 Å². The molecule has 108 valence electrons. The summed E-state index contributed by atoms with van der Waals surface area (Å²) < 4.78 is 41.3. The number of halogens is 3. The van der Waals surface area contributed by atoms with Gasteiger partial charge in [-0.3, -0.25) is 0 Å². The molecule has 1 N–H and O–H groups in total. The van der Waals surface area contributed by atoms with Crippen molar-refractivity contribution < 1.29 is 23.0 Å². The van der Waals surface area contributed by atoms with E-state index in [1.165, 1.54) is 0 Å². The van der Waals surface area contributed by atoms with E-state index in [1.807, 2.05) is 12.1 Å². The lowest BCUT2D eigenvalue weighted by molar-refractivity contribution is -0.219. The van der Waals surface area contributed by atoms with Gasteiger partial charge in [-0.2, -0.15) is 13.2 Å². The first-order chi connectivity index (χ1) is 8.84. The number of ether oxygens (including phenoxy) is 1. The SMILES string of the molecule is CCCc1ccc(C(O)COC(C)C(F)(F)F)cc1. The molecule has 1 aromatic carbocycles. The van der Waals surface area contributed by atoms with E-state index in [4.69, 9.17) is 0 Å². The molecule has 1 aromatic rings. The van der Waals surface area contributed by atoms with Crippen molar-refractivity contribution in [3.8, 4) is 0 Å². The number of hydrogen-bond donors (Lipinski definition) is 1. The Hall–Kier alpha value is -1.07. The summed E-state index contributed by atoms with van der Waals surface area (Å²) in [5, 5.41) is 9.76. The first-order valence-electron chi connectivity index (χ1n) is 6.29. The second kappa shape index (κ2) is 6.91. The molecular weight excluding hydrogens is 257 g/mol. The van der Waals surface area contributed by atoms with E-state index in [-0.39, 0.29) is 6.61 Å². The molecule has 0 saturated heterocycles. The molecule has 2 nitrogen and oxygen atoms in total. The second-order valence-electron chi connectivity index (χ2n) is 4.52. The molecule has 2 unspecified atom stereocenters. The average Bonchev–Trinajstić information content (AvgIpc) is 2.35. The minimum atomic E-state index is -4.40. The lowest BCUT2D eigenvalue weighted by Crippen LogP contribution is -2.30. The monoisotopic (exact) mass is 276 g/mol.